The Morgan fingerprint density at radius 2 is 2.19 bits per heavy atom. The van der Waals surface area contributed by atoms with Crippen molar-refractivity contribution in [1.82, 2.24) is 9.97 Å². The molecule has 0 aliphatic carbocycles. The SMILES string of the molecule is Cl.N/C(=N\O)c1cnc(-c2ccccn2)s1. The molecule has 0 aliphatic rings. The van der Waals surface area contributed by atoms with E-state index in [1.54, 1.807) is 12.4 Å². The quantitative estimate of drug-likeness (QED) is 0.371. The van der Waals surface area contributed by atoms with E-state index in [-0.39, 0.29) is 18.2 Å². The fraction of sp³-hybridized carbons (Fsp3) is 0. The maximum atomic E-state index is 8.49. The number of aromatic nitrogens is 2. The molecule has 0 radical (unpaired) electrons. The smallest absolute Gasteiger partial charge is 0.181 e. The van der Waals surface area contributed by atoms with Gasteiger partial charge in [0.15, 0.2) is 5.84 Å². The first-order valence-electron chi connectivity index (χ1n) is 4.16. The number of rotatable bonds is 2. The van der Waals surface area contributed by atoms with Crippen LogP contribution in [-0.2, 0) is 0 Å². The van der Waals surface area contributed by atoms with Crippen LogP contribution in [0.5, 0.6) is 0 Å². The third kappa shape index (κ3) is 2.47. The Labute approximate surface area is 102 Å². The summed E-state index contributed by atoms with van der Waals surface area (Å²) in [4.78, 5) is 8.92. The van der Waals surface area contributed by atoms with Gasteiger partial charge in [-0.1, -0.05) is 11.2 Å². The predicted octanol–water partition coefficient (Wildman–Crippen LogP) is 1.72. The highest BCUT2D eigenvalue weighted by atomic mass is 35.5. The molecule has 0 unspecified atom stereocenters. The van der Waals surface area contributed by atoms with Gasteiger partial charge in [0.2, 0.25) is 0 Å². The Morgan fingerprint density at radius 1 is 1.38 bits per heavy atom. The van der Waals surface area contributed by atoms with Crippen molar-refractivity contribution in [2.75, 3.05) is 0 Å². The molecule has 16 heavy (non-hydrogen) atoms. The van der Waals surface area contributed by atoms with Gasteiger partial charge in [0.05, 0.1) is 10.6 Å². The zero-order valence-electron chi connectivity index (χ0n) is 8.07. The molecule has 0 spiro atoms. The first-order valence-corrected chi connectivity index (χ1v) is 4.98. The Balaban J connectivity index is 0.00000128. The Kier molecular flexibility index (Phi) is 4.21. The highest BCUT2D eigenvalue weighted by molar-refractivity contribution is 7.16. The maximum Gasteiger partial charge on any atom is 0.181 e. The highest BCUT2D eigenvalue weighted by Crippen LogP contribution is 2.22. The lowest BCUT2D eigenvalue weighted by atomic mass is 10.4. The van der Waals surface area contributed by atoms with Crippen molar-refractivity contribution in [3.8, 4) is 10.7 Å². The molecule has 2 heterocycles. The van der Waals surface area contributed by atoms with E-state index in [1.165, 1.54) is 11.3 Å². The summed E-state index contributed by atoms with van der Waals surface area (Å²) in [7, 11) is 0. The zero-order chi connectivity index (χ0) is 10.7. The molecular weight excluding hydrogens is 248 g/mol. The van der Waals surface area contributed by atoms with E-state index < -0.39 is 0 Å². The Bertz CT molecular complexity index is 485. The molecule has 0 fully saturated rings. The van der Waals surface area contributed by atoms with Crippen LogP contribution in [0.2, 0.25) is 0 Å². The van der Waals surface area contributed by atoms with Crippen LogP contribution in [0.25, 0.3) is 10.7 Å². The van der Waals surface area contributed by atoms with Gasteiger partial charge in [0.25, 0.3) is 0 Å². The van der Waals surface area contributed by atoms with Crippen molar-refractivity contribution in [2.24, 2.45) is 10.9 Å². The summed E-state index contributed by atoms with van der Waals surface area (Å²) in [6.07, 6.45) is 3.25. The molecule has 0 amide bonds. The van der Waals surface area contributed by atoms with Crippen molar-refractivity contribution >= 4 is 29.6 Å². The summed E-state index contributed by atoms with van der Waals surface area (Å²) in [6.45, 7) is 0. The molecule has 2 rings (SSSR count). The van der Waals surface area contributed by atoms with E-state index in [0.717, 1.165) is 10.7 Å². The summed E-state index contributed by atoms with van der Waals surface area (Å²) in [6, 6.07) is 5.57. The third-order valence-electron chi connectivity index (χ3n) is 1.75. The normalized spacial score (nSPS) is 10.9. The van der Waals surface area contributed by atoms with Gasteiger partial charge in [-0.2, -0.15) is 0 Å². The molecule has 0 saturated carbocycles. The van der Waals surface area contributed by atoms with Gasteiger partial charge in [-0.3, -0.25) is 4.98 Å². The Morgan fingerprint density at radius 3 is 2.81 bits per heavy atom. The van der Waals surface area contributed by atoms with E-state index >= 15 is 0 Å². The van der Waals surface area contributed by atoms with Crippen molar-refractivity contribution in [3.63, 3.8) is 0 Å². The van der Waals surface area contributed by atoms with Crippen molar-refractivity contribution in [1.29, 1.82) is 0 Å². The number of pyridine rings is 1. The fourth-order valence-electron chi connectivity index (χ4n) is 1.05. The van der Waals surface area contributed by atoms with Gasteiger partial charge >= 0.3 is 0 Å². The number of nitrogens with zero attached hydrogens (tertiary/aromatic N) is 3. The lowest BCUT2D eigenvalue weighted by molar-refractivity contribution is 0.319. The topological polar surface area (TPSA) is 84.4 Å². The molecule has 7 heteroatoms. The number of oxime groups is 1. The van der Waals surface area contributed by atoms with E-state index in [4.69, 9.17) is 10.9 Å². The van der Waals surface area contributed by atoms with Gasteiger partial charge in [-0.05, 0) is 12.1 Å². The second-order valence-electron chi connectivity index (χ2n) is 2.73. The van der Waals surface area contributed by atoms with E-state index in [2.05, 4.69) is 15.1 Å². The molecule has 5 nitrogen and oxygen atoms in total. The third-order valence-corrected chi connectivity index (χ3v) is 2.79. The first kappa shape index (κ1) is 12.4. The average molecular weight is 257 g/mol. The average Bonchev–Trinajstić information content (AvgIpc) is 2.78. The molecule has 3 N–H and O–H groups in total. The van der Waals surface area contributed by atoms with Crippen LogP contribution in [0.15, 0.2) is 35.7 Å². The van der Waals surface area contributed by atoms with E-state index in [0.29, 0.717) is 4.88 Å². The van der Waals surface area contributed by atoms with Gasteiger partial charge in [-0.15, -0.1) is 23.7 Å². The summed E-state index contributed by atoms with van der Waals surface area (Å²) in [5, 5.41) is 12.2. The summed E-state index contributed by atoms with van der Waals surface area (Å²) in [5.41, 5.74) is 6.21. The standard InChI is InChI=1S/C9H8N4OS.ClH/c10-8(13-14)7-5-12-9(15-7)6-3-1-2-4-11-6;/h1-5,14H,(H2,10,13);1H. The molecule has 0 saturated heterocycles. The van der Waals surface area contributed by atoms with E-state index in [1.807, 2.05) is 18.2 Å². The maximum absolute atomic E-state index is 8.49. The number of thiazole rings is 1. The number of hydrogen-bond donors (Lipinski definition) is 2. The number of hydrogen-bond acceptors (Lipinski definition) is 5. The van der Waals surface area contributed by atoms with Gasteiger partial charge < -0.3 is 10.9 Å². The lowest BCUT2D eigenvalue weighted by Crippen LogP contribution is -2.10. The van der Waals surface area contributed by atoms with Crippen LogP contribution in [0, 0.1) is 0 Å². The largest absolute Gasteiger partial charge is 0.409 e. The second-order valence-corrected chi connectivity index (χ2v) is 3.76. The van der Waals surface area contributed by atoms with Gasteiger partial charge in [0, 0.05) is 12.4 Å². The molecule has 84 valence electrons. The van der Waals surface area contributed by atoms with Crippen molar-refractivity contribution < 1.29 is 5.21 Å². The molecule has 0 bridgehead atoms. The van der Waals surface area contributed by atoms with Gasteiger partial charge in [-0.25, -0.2) is 4.98 Å². The molecule has 2 aromatic rings. The lowest BCUT2D eigenvalue weighted by Gasteiger charge is -1.92. The van der Waals surface area contributed by atoms with Crippen LogP contribution in [-0.4, -0.2) is 21.0 Å². The van der Waals surface area contributed by atoms with Gasteiger partial charge in [0.1, 0.15) is 5.01 Å². The number of halogens is 1. The molecular formula is C9H9ClN4OS. The minimum absolute atomic E-state index is 0. The monoisotopic (exact) mass is 256 g/mol. The van der Waals surface area contributed by atoms with Crippen molar-refractivity contribution in [3.05, 3.63) is 35.5 Å². The van der Waals surface area contributed by atoms with Crippen LogP contribution in [0.4, 0.5) is 0 Å². The zero-order valence-corrected chi connectivity index (χ0v) is 9.70. The minimum atomic E-state index is 0. The summed E-state index contributed by atoms with van der Waals surface area (Å²) < 4.78 is 0. The second kappa shape index (κ2) is 5.43. The predicted molar refractivity (Wildman–Crippen MR) is 65.1 cm³/mol. The summed E-state index contributed by atoms with van der Waals surface area (Å²) in [5.74, 6) is 0.0645. The van der Waals surface area contributed by atoms with Crippen LogP contribution >= 0.6 is 23.7 Å². The Hall–Kier alpha value is -1.66. The van der Waals surface area contributed by atoms with Crippen molar-refractivity contribution in [2.45, 2.75) is 0 Å². The molecule has 0 atom stereocenters. The highest BCUT2D eigenvalue weighted by Gasteiger charge is 2.07. The first-order chi connectivity index (χ1) is 7.31. The minimum Gasteiger partial charge on any atom is -0.409 e. The van der Waals surface area contributed by atoms with Crippen LogP contribution < -0.4 is 5.73 Å². The number of amidine groups is 1. The molecule has 0 aliphatic heterocycles. The fourth-order valence-corrected chi connectivity index (χ4v) is 1.84. The number of nitrogens with two attached hydrogens (primary N) is 1. The van der Waals surface area contributed by atoms with Crippen LogP contribution in [0.3, 0.4) is 0 Å². The molecule has 2 aromatic heterocycles. The van der Waals surface area contributed by atoms with Crippen LogP contribution in [0.1, 0.15) is 4.88 Å². The molecule has 0 aromatic carbocycles. The summed E-state index contributed by atoms with van der Waals surface area (Å²) >= 11 is 1.33. The van der Waals surface area contributed by atoms with E-state index in [9.17, 15) is 0 Å².